The van der Waals surface area contributed by atoms with Crippen molar-refractivity contribution in [3.8, 4) is 0 Å². The molecule has 0 aliphatic carbocycles. The Labute approximate surface area is 112 Å². The Morgan fingerprint density at radius 3 is 3.11 bits per heavy atom. The number of aliphatic hydroxyl groups excluding tert-OH is 1. The highest BCUT2D eigenvalue weighted by Crippen LogP contribution is 2.19. The zero-order valence-electron chi connectivity index (χ0n) is 11.4. The second-order valence-electron chi connectivity index (χ2n) is 4.64. The van der Waals surface area contributed by atoms with Crippen LogP contribution < -0.4 is 0 Å². The molecule has 0 fully saturated rings. The van der Waals surface area contributed by atoms with Gasteiger partial charge in [0.1, 0.15) is 12.3 Å². The molecule has 1 N–H and O–H groups in total. The molecule has 0 amide bonds. The predicted molar refractivity (Wildman–Crippen MR) is 70.6 cm³/mol. The highest BCUT2D eigenvalue weighted by atomic mass is 16.5. The van der Waals surface area contributed by atoms with Crippen LogP contribution in [-0.4, -0.2) is 21.9 Å². The van der Waals surface area contributed by atoms with Gasteiger partial charge in [-0.05, 0) is 18.1 Å². The summed E-state index contributed by atoms with van der Waals surface area (Å²) in [6, 6.07) is 3.82. The van der Waals surface area contributed by atoms with Crippen molar-refractivity contribution in [2.24, 2.45) is 0 Å². The van der Waals surface area contributed by atoms with E-state index in [2.05, 4.69) is 12.1 Å². The van der Waals surface area contributed by atoms with E-state index in [0.29, 0.717) is 13.2 Å². The monoisotopic (exact) mass is 264 g/mol. The van der Waals surface area contributed by atoms with Gasteiger partial charge >= 0.3 is 0 Å². The number of hydrogen-bond donors (Lipinski definition) is 1. The van der Waals surface area contributed by atoms with Gasteiger partial charge in [0, 0.05) is 25.6 Å². The van der Waals surface area contributed by atoms with E-state index in [0.717, 1.165) is 29.9 Å². The Hall–Kier alpha value is -1.59. The van der Waals surface area contributed by atoms with Crippen molar-refractivity contribution in [1.82, 2.24) is 9.72 Å². The summed E-state index contributed by atoms with van der Waals surface area (Å²) >= 11 is 0. The van der Waals surface area contributed by atoms with Crippen molar-refractivity contribution >= 4 is 0 Å². The molecule has 2 aromatic heterocycles. The fourth-order valence-electron chi connectivity index (χ4n) is 2.02. The largest absolute Gasteiger partial charge is 0.388 e. The zero-order chi connectivity index (χ0) is 13.7. The van der Waals surface area contributed by atoms with Crippen LogP contribution in [0.25, 0.3) is 0 Å². The Balaban J connectivity index is 1.98. The molecule has 0 saturated heterocycles. The Morgan fingerprint density at radius 1 is 1.53 bits per heavy atom. The van der Waals surface area contributed by atoms with Gasteiger partial charge in [-0.1, -0.05) is 18.5 Å². The fraction of sp³-hybridized carbons (Fsp3) is 0.500. The zero-order valence-corrected chi connectivity index (χ0v) is 11.4. The van der Waals surface area contributed by atoms with Gasteiger partial charge in [0.2, 0.25) is 0 Å². The molecule has 0 aliphatic rings. The van der Waals surface area contributed by atoms with Gasteiger partial charge in [0.05, 0.1) is 12.6 Å². The third-order valence-corrected chi connectivity index (χ3v) is 2.96. The van der Waals surface area contributed by atoms with Crippen molar-refractivity contribution in [2.45, 2.75) is 39.0 Å². The average Bonchev–Trinajstić information content (AvgIpc) is 3.00. The maximum atomic E-state index is 9.91. The number of ether oxygens (including phenoxy) is 1. The van der Waals surface area contributed by atoms with Crippen LogP contribution in [0.1, 0.15) is 42.9 Å². The molecule has 0 aromatic carbocycles. The maximum Gasteiger partial charge on any atom is 0.162 e. The van der Waals surface area contributed by atoms with Gasteiger partial charge in [0.25, 0.3) is 0 Å². The highest BCUT2D eigenvalue weighted by molar-refractivity contribution is 5.15. The summed E-state index contributed by atoms with van der Waals surface area (Å²) < 4.78 is 12.1. The van der Waals surface area contributed by atoms with Crippen molar-refractivity contribution in [1.29, 1.82) is 0 Å². The predicted octanol–water partition coefficient (Wildman–Crippen LogP) is 2.50. The summed E-state index contributed by atoms with van der Waals surface area (Å²) in [7, 11) is 1.62. The molecule has 104 valence electrons. The van der Waals surface area contributed by atoms with Crippen molar-refractivity contribution < 1.29 is 14.4 Å². The summed E-state index contributed by atoms with van der Waals surface area (Å²) in [5.74, 6) is 0.718. The number of aromatic nitrogens is 2. The quantitative estimate of drug-likeness (QED) is 0.834. The lowest BCUT2D eigenvalue weighted by atomic mass is 10.1. The first kappa shape index (κ1) is 13.8. The van der Waals surface area contributed by atoms with Crippen LogP contribution in [0.2, 0.25) is 0 Å². The molecule has 2 aromatic rings. The van der Waals surface area contributed by atoms with E-state index in [-0.39, 0.29) is 6.10 Å². The standard InChI is InChI=1S/C14H20N2O3/c1-3-4-14(17)11-5-6-16(8-11)9-12-7-13(10-18-2)19-15-12/h5-8,14,17H,3-4,9-10H2,1-2H3. The van der Waals surface area contributed by atoms with E-state index in [4.69, 9.17) is 9.26 Å². The molecule has 0 spiro atoms. The minimum Gasteiger partial charge on any atom is -0.388 e. The number of rotatable bonds is 7. The summed E-state index contributed by atoms with van der Waals surface area (Å²) in [5, 5.41) is 13.9. The minimum atomic E-state index is -0.382. The lowest BCUT2D eigenvalue weighted by Crippen LogP contribution is -1.98. The van der Waals surface area contributed by atoms with Crippen LogP contribution in [0.5, 0.6) is 0 Å². The van der Waals surface area contributed by atoms with Crippen LogP contribution in [0.4, 0.5) is 0 Å². The SMILES string of the molecule is CCCC(O)c1ccn(Cc2cc(COC)on2)c1. The number of nitrogens with zero attached hydrogens (tertiary/aromatic N) is 2. The first-order valence-corrected chi connectivity index (χ1v) is 6.50. The highest BCUT2D eigenvalue weighted by Gasteiger charge is 2.09. The van der Waals surface area contributed by atoms with E-state index >= 15 is 0 Å². The van der Waals surface area contributed by atoms with E-state index < -0.39 is 0 Å². The molecular weight excluding hydrogens is 244 g/mol. The summed E-state index contributed by atoms with van der Waals surface area (Å²) in [6.07, 6.45) is 5.26. The molecule has 5 heteroatoms. The van der Waals surface area contributed by atoms with Gasteiger partial charge in [-0.15, -0.1) is 0 Å². The molecule has 0 saturated carbocycles. The summed E-state index contributed by atoms with van der Waals surface area (Å²) in [4.78, 5) is 0. The molecule has 0 bridgehead atoms. The molecule has 0 radical (unpaired) electrons. The normalized spacial score (nSPS) is 12.8. The van der Waals surface area contributed by atoms with Gasteiger partial charge < -0.3 is 18.9 Å². The van der Waals surface area contributed by atoms with E-state index in [1.807, 2.05) is 29.1 Å². The van der Waals surface area contributed by atoms with Crippen LogP contribution in [-0.2, 0) is 17.9 Å². The topological polar surface area (TPSA) is 60.4 Å². The minimum absolute atomic E-state index is 0.382. The first-order chi connectivity index (χ1) is 9.22. The van der Waals surface area contributed by atoms with E-state index in [1.165, 1.54) is 0 Å². The maximum absolute atomic E-state index is 9.91. The summed E-state index contributed by atoms with van der Waals surface area (Å²) in [6.45, 7) is 3.12. The smallest absolute Gasteiger partial charge is 0.162 e. The van der Waals surface area contributed by atoms with Gasteiger partial charge in [-0.2, -0.15) is 0 Å². The van der Waals surface area contributed by atoms with Gasteiger partial charge in [-0.25, -0.2) is 0 Å². The van der Waals surface area contributed by atoms with Crippen LogP contribution in [0.15, 0.2) is 29.0 Å². The van der Waals surface area contributed by atoms with E-state index in [9.17, 15) is 5.11 Å². The van der Waals surface area contributed by atoms with Crippen LogP contribution >= 0.6 is 0 Å². The lowest BCUT2D eigenvalue weighted by Gasteiger charge is -2.06. The number of hydrogen-bond acceptors (Lipinski definition) is 4. The molecule has 2 heterocycles. The molecule has 5 nitrogen and oxygen atoms in total. The molecule has 1 unspecified atom stereocenters. The average molecular weight is 264 g/mol. The Bertz CT molecular complexity index is 504. The van der Waals surface area contributed by atoms with Crippen LogP contribution in [0.3, 0.4) is 0 Å². The van der Waals surface area contributed by atoms with E-state index in [1.54, 1.807) is 7.11 Å². The fourth-order valence-corrected chi connectivity index (χ4v) is 2.02. The molecule has 1 atom stereocenters. The molecule has 2 rings (SSSR count). The van der Waals surface area contributed by atoms with Gasteiger partial charge in [0.15, 0.2) is 5.76 Å². The third kappa shape index (κ3) is 3.68. The second-order valence-corrected chi connectivity index (χ2v) is 4.64. The van der Waals surface area contributed by atoms with Crippen molar-refractivity contribution in [3.05, 3.63) is 41.5 Å². The van der Waals surface area contributed by atoms with Crippen molar-refractivity contribution in [2.75, 3.05) is 7.11 Å². The van der Waals surface area contributed by atoms with Crippen LogP contribution in [0, 0.1) is 0 Å². The Morgan fingerprint density at radius 2 is 2.37 bits per heavy atom. The third-order valence-electron chi connectivity index (χ3n) is 2.96. The Kier molecular flexibility index (Phi) is 4.76. The molecular formula is C14H20N2O3. The lowest BCUT2D eigenvalue weighted by molar-refractivity contribution is 0.155. The molecule has 19 heavy (non-hydrogen) atoms. The first-order valence-electron chi connectivity index (χ1n) is 6.50. The van der Waals surface area contributed by atoms with Gasteiger partial charge in [-0.3, -0.25) is 0 Å². The number of aliphatic hydroxyl groups is 1. The second kappa shape index (κ2) is 6.54. The summed E-state index contributed by atoms with van der Waals surface area (Å²) in [5.41, 5.74) is 1.79. The number of methoxy groups -OCH3 is 1. The molecule has 0 aliphatic heterocycles. The van der Waals surface area contributed by atoms with Crippen molar-refractivity contribution in [3.63, 3.8) is 0 Å².